The highest BCUT2D eigenvalue weighted by Gasteiger charge is 2.28. The van der Waals surface area contributed by atoms with E-state index in [1.54, 1.807) is 0 Å². The Kier molecular flexibility index (Phi) is 4.75. The van der Waals surface area contributed by atoms with Crippen molar-refractivity contribution in [2.45, 2.75) is 20.4 Å². The van der Waals surface area contributed by atoms with Gasteiger partial charge >= 0.3 is 0 Å². The number of morpholine rings is 1. The molecule has 4 nitrogen and oxygen atoms in total. The maximum Gasteiger partial charge on any atom is 0.191 e. The maximum absolute atomic E-state index is 5.61. The van der Waals surface area contributed by atoms with Crippen LogP contribution in [-0.2, 0) is 11.3 Å². The Bertz CT molecular complexity index is 346. The summed E-state index contributed by atoms with van der Waals surface area (Å²) in [7, 11) is 2.25. The molecular weight excluding hydrogens is 319 g/mol. The molecule has 0 spiro atoms. The molecule has 0 atom stereocenters. The second-order valence-corrected chi connectivity index (χ2v) is 4.58. The van der Waals surface area contributed by atoms with Crippen molar-refractivity contribution in [3.8, 4) is 0 Å². The van der Waals surface area contributed by atoms with Gasteiger partial charge in [-0.15, -0.1) is 0 Å². The first-order valence-corrected chi connectivity index (χ1v) is 5.43. The Hall–Kier alpha value is -0.140. The number of halogens is 1. The van der Waals surface area contributed by atoms with Crippen molar-refractivity contribution >= 4 is 0 Å². The average molecular weight is 338 g/mol. The molecule has 0 saturated carbocycles. The van der Waals surface area contributed by atoms with E-state index in [1.807, 2.05) is 13.8 Å². The van der Waals surface area contributed by atoms with Crippen molar-refractivity contribution in [1.29, 1.82) is 0 Å². The Labute approximate surface area is 114 Å². The molecular formula is C11H19IN2O2. The van der Waals surface area contributed by atoms with Crippen LogP contribution in [-0.4, -0.2) is 42.8 Å². The fourth-order valence-corrected chi connectivity index (χ4v) is 2.01. The van der Waals surface area contributed by atoms with E-state index in [4.69, 9.17) is 9.15 Å². The molecule has 0 aromatic carbocycles. The topological polar surface area (TPSA) is 35.3 Å². The van der Waals surface area contributed by atoms with Gasteiger partial charge in [0.25, 0.3) is 0 Å². The molecule has 0 aliphatic carbocycles. The molecule has 5 heteroatoms. The van der Waals surface area contributed by atoms with Crippen LogP contribution in [0.25, 0.3) is 0 Å². The number of likely N-dealkylation sites (N-methyl/N-ethyl adjacent to an activating group) is 1. The van der Waals surface area contributed by atoms with Crippen molar-refractivity contribution in [1.82, 2.24) is 4.98 Å². The van der Waals surface area contributed by atoms with Crippen molar-refractivity contribution in [2.75, 3.05) is 33.4 Å². The van der Waals surface area contributed by atoms with E-state index in [9.17, 15) is 0 Å². The number of oxazole rings is 1. The molecule has 2 heterocycles. The number of aryl methyl sites for hydroxylation is 2. The predicted molar refractivity (Wildman–Crippen MR) is 56.4 cm³/mol. The molecule has 2 rings (SSSR count). The van der Waals surface area contributed by atoms with Crippen LogP contribution in [0.1, 0.15) is 17.3 Å². The van der Waals surface area contributed by atoms with E-state index in [2.05, 4.69) is 12.0 Å². The van der Waals surface area contributed by atoms with Crippen LogP contribution in [0.2, 0.25) is 0 Å². The summed E-state index contributed by atoms with van der Waals surface area (Å²) in [5, 5.41) is 0. The molecule has 92 valence electrons. The summed E-state index contributed by atoms with van der Waals surface area (Å²) in [6, 6.07) is 0. The second kappa shape index (κ2) is 5.46. The van der Waals surface area contributed by atoms with Crippen molar-refractivity contribution < 1.29 is 37.6 Å². The van der Waals surface area contributed by atoms with E-state index >= 15 is 0 Å². The molecule has 16 heavy (non-hydrogen) atoms. The summed E-state index contributed by atoms with van der Waals surface area (Å²) in [6.45, 7) is 8.65. The second-order valence-electron chi connectivity index (χ2n) is 4.58. The molecule has 0 amide bonds. The number of rotatable bonds is 2. The Morgan fingerprint density at radius 2 is 1.88 bits per heavy atom. The fraction of sp³-hybridized carbons (Fsp3) is 0.727. The molecule has 1 aliphatic rings. The Balaban J connectivity index is 0.00000128. The Morgan fingerprint density at radius 3 is 2.38 bits per heavy atom. The van der Waals surface area contributed by atoms with Gasteiger partial charge in [-0.3, -0.25) is 0 Å². The lowest BCUT2D eigenvalue weighted by atomic mass is 10.2. The lowest BCUT2D eigenvalue weighted by Gasteiger charge is -2.36. The Morgan fingerprint density at radius 1 is 1.25 bits per heavy atom. The lowest BCUT2D eigenvalue weighted by Crippen LogP contribution is -3.00. The molecule has 1 aliphatic heterocycles. The van der Waals surface area contributed by atoms with Gasteiger partial charge < -0.3 is 37.6 Å². The first-order valence-electron chi connectivity index (χ1n) is 5.43. The van der Waals surface area contributed by atoms with E-state index in [0.717, 1.165) is 54.7 Å². The smallest absolute Gasteiger partial charge is 0.191 e. The number of quaternary nitrogens is 1. The minimum Gasteiger partial charge on any atom is -1.00 e. The third-order valence-electron chi connectivity index (χ3n) is 3.08. The van der Waals surface area contributed by atoms with Crippen molar-refractivity contribution in [3.05, 3.63) is 17.3 Å². The summed E-state index contributed by atoms with van der Waals surface area (Å²) in [5.41, 5.74) is 1.03. The van der Waals surface area contributed by atoms with E-state index in [0.29, 0.717) is 0 Å². The highest BCUT2D eigenvalue weighted by Crippen LogP contribution is 2.18. The van der Waals surface area contributed by atoms with Gasteiger partial charge in [0.1, 0.15) is 19.6 Å². The summed E-state index contributed by atoms with van der Waals surface area (Å²) in [4.78, 5) is 4.30. The van der Waals surface area contributed by atoms with Gasteiger partial charge in [-0.2, -0.15) is 0 Å². The zero-order chi connectivity index (χ0) is 10.9. The van der Waals surface area contributed by atoms with Crippen LogP contribution in [0.3, 0.4) is 0 Å². The minimum atomic E-state index is 0. The quantitative estimate of drug-likeness (QED) is 0.475. The highest BCUT2D eigenvalue weighted by molar-refractivity contribution is 5.05. The SMILES string of the molecule is Cc1nc(C)c(C[N+]2(C)CCOCC2)o1.[I-]. The molecule has 0 unspecified atom stereocenters. The summed E-state index contributed by atoms with van der Waals surface area (Å²) in [5.74, 6) is 1.79. The van der Waals surface area contributed by atoms with Gasteiger partial charge in [0, 0.05) is 6.92 Å². The van der Waals surface area contributed by atoms with Gasteiger partial charge in [-0.25, -0.2) is 4.98 Å². The number of hydrogen-bond donors (Lipinski definition) is 0. The molecule has 1 saturated heterocycles. The molecule has 0 N–H and O–H groups in total. The zero-order valence-electron chi connectivity index (χ0n) is 10.1. The zero-order valence-corrected chi connectivity index (χ0v) is 12.3. The average Bonchev–Trinajstić information content (AvgIpc) is 2.45. The molecule has 1 fully saturated rings. The third kappa shape index (κ3) is 3.18. The van der Waals surface area contributed by atoms with Gasteiger partial charge in [0.2, 0.25) is 0 Å². The largest absolute Gasteiger partial charge is 1.00 e. The third-order valence-corrected chi connectivity index (χ3v) is 3.08. The van der Waals surface area contributed by atoms with Gasteiger partial charge in [0.15, 0.2) is 11.7 Å². The standard InChI is InChI=1S/C11H19N2O2.HI/c1-9-11(15-10(2)12-9)8-13(3)4-6-14-7-5-13;/h4-8H2,1-3H3;1H/q+1;/p-1. The maximum atomic E-state index is 5.61. The van der Waals surface area contributed by atoms with Crippen LogP contribution in [0, 0.1) is 13.8 Å². The molecule has 1 aromatic heterocycles. The van der Waals surface area contributed by atoms with Crippen LogP contribution in [0.15, 0.2) is 4.42 Å². The molecule has 1 aromatic rings. The molecule has 0 radical (unpaired) electrons. The lowest BCUT2D eigenvalue weighted by molar-refractivity contribution is -0.930. The summed E-state index contributed by atoms with van der Waals surface area (Å²) >= 11 is 0. The number of nitrogens with zero attached hydrogens (tertiary/aromatic N) is 2. The van der Waals surface area contributed by atoms with E-state index < -0.39 is 0 Å². The monoisotopic (exact) mass is 338 g/mol. The fourth-order valence-electron chi connectivity index (χ4n) is 2.01. The van der Waals surface area contributed by atoms with Crippen molar-refractivity contribution in [3.63, 3.8) is 0 Å². The first kappa shape index (κ1) is 13.9. The minimum absolute atomic E-state index is 0. The van der Waals surface area contributed by atoms with Crippen LogP contribution >= 0.6 is 0 Å². The van der Waals surface area contributed by atoms with Crippen LogP contribution in [0.5, 0.6) is 0 Å². The van der Waals surface area contributed by atoms with E-state index in [1.165, 1.54) is 0 Å². The van der Waals surface area contributed by atoms with Crippen LogP contribution in [0.4, 0.5) is 0 Å². The highest BCUT2D eigenvalue weighted by atomic mass is 127. The summed E-state index contributed by atoms with van der Waals surface area (Å²) in [6.07, 6.45) is 0. The summed E-state index contributed by atoms with van der Waals surface area (Å²) < 4.78 is 12.0. The normalized spacial score (nSPS) is 19.2. The number of aromatic nitrogens is 1. The van der Waals surface area contributed by atoms with Crippen molar-refractivity contribution in [2.24, 2.45) is 0 Å². The predicted octanol–water partition coefficient (Wildman–Crippen LogP) is -1.73. The first-order chi connectivity index (χ1) is 7.09. The van der Waals surface area contributed by atoms with E-state index in [-0.39, 0.29) is 24.0 Å². The number of hydrogen-bond acceptors (Lipinski definition) is 3. The van der Waals surface area contributed by atoms with Crippen LogP contribution < -0.4 is 24.0 Å². The molecule has 0 bridgehead atoms. The van der Waals surface area contributed by atoms with Gasteiger partial charge in [-0.05, 0) is 6.92 Å². The van der Waals surface area contributed by atoms with Gasteiger partial charge in [-0.1, -0.05) is 0 Å². The van der Waals surface area contributed by atoms with Gasteiger partial charge in [0.05, 0.1) is 26.0 Å². The number of ether oxygens (including phenoxy) is 1.